The van der Waals surface area contributed by atoms with Gasteiger partial charge in [-0.1, -0.05) is 42.5 Å². The lowest BCUT2D eigenvalue weighted by Crippen LogP contribution is -2.36. The van der Waals surface area contributed by atoms with Crippen molar-refractivity contribution < 1.29 is 14.6 Å². The van der Waals surface area contributed by atoms with Crippen LogP contribution in [0.25, 0.3) is 10.9 Å². The second kappa shape index (κ2) is 10.2. The third kappa shape index (κ3) is 4.65. The van der Waals surface area contributed by atoms with Gasteiger partial charge in [-0.15, -0.1) is 0 Å². The number of nitrogens with zero attached hydrogens (tertiary/aromatic N) is 3. The predicted molar refractivity (Wildman–Crippen MR) is 152 cm³/mol. The first kappa shape index (κ1) is 25.1. The molecule has 0 radical (unpaired) electrons. The molecule has 8 heteroatoms. The molecule has 3 heterocycles. The minimum atomic E-state index is -0.994. The second-order valence-corrected chi connectivity index (χ2v) is 10.5. The van der Waals surface area contributed by atoms with E-state index in [0.29, 0.717) is 48.8 Å². The van der Waals surface area contributed by atoms with Gasteiger partial charge in [-0.2, -0.15) is 0 Å². The fourth-order valence-electron chi connectivity index (χ4n) is 5.86. The normalized spacial score (nSPS) is 17.7. The minimum absolute atomic E-state index is 0.0652. The zero-order valence-electron chi connectivity index (χ0n) is 22.2. The number of carboxylic acid groups (broad SMARTS) is 1. The molecule has 0 bridgehead atoms. The number of ether oxygens (including phenoxy) is 1. The highest BCUT2D eigenvalue weighted by molar-refractivity contribution is 5.94. The van der Waals surface area contributed by atoms with Gasteiger partial charge >= 0.3 is 5.97 Å². The van der Waals surface area contributed by atoms with Gasteiger partial charge in [-0.25, -0.2) is 9.78 Å². The first-order valence-electron chi connectivity index (χ1n) is 13.5. The number of aromatic nitrogens is 2. The Morgan fingerprint density at radius 2 is 1.82 bits per heavy atom. The maximum Gasteiger partial charge on any atom is 0.337 e. The number of nitrogens with one attached hydrogen (secondary N) is 1. The van der Waals surface area contributed by atoms with Gasteiger partial charge < -0.3 is 20.1 Å². The van der Waals surface area contributed by atoms with E-state index in [1.54, 1.807) is 18.2 Å². The van der Waals surface area contributed by atoms with Crippen LogP contribution >= 0.6 is 0 Å². The first-order chi connectivity index (χ1) is 18.9. The molecule has 3 aromatic carbocycles. The smallest absolute Gasteiger partial charge is 0.337 e. The largest absolute Gasteiger partial charge is 0.478 e. The van der Waals surface area contributed by atoms with Crippen LogP contribution in [0, 0.1) is 6.92 Å². The van der Waals surface area contributed by atoms with Gasteiger partial charge in [0.05, 0.1) is 35.2 Å². The van der Waals surface area contributed by atoms with Crippen molar-refractivity contribution in [3.63, 3.8) is 0 Å². The standard InChI is InChI=1S/C31H32N4O4/c1-19-14-25(20(2)32-27-12-6-5-11-24(27)30(37)38)28-26(15-19)29(36)35(23-10-7-13-39-18-23)31(33-28)34-16-21-8-3-4-9-22(21)17-34/h3-6,8-9,11-12,14-15,20,23,32H,7,10,13,16-18H2,1-2H3,(H,37,38)/t20?,23-/m0/s1. The molecule has 0 aliphatic carbocycles. The summed E-state index contributed by atoms with van der Waals surface area (Å²) in [5.74, 6) is -0.339. The van der Waals surface area contributed by atoms with Crippen LogP contribution in [0.4, 0.5) is 11.6 Å². The zero-order valence-corrected chi connectivity index (χ0v) is 22.2. The molecule has 1 unspecified atom stereocenters. The maximum atomic E-state index is 14.2. The number of aryl methyl sites for hydroxylation is 1. The molecule has 1 saturated heterocycles. The molecular formula is C31H32N4O4. The van der Waals surface area contributed by atoms with Gasteiger partial charge in [0.25, 0.3) is 5.56 Å². The quantitative estimate of drug-likeness (QED) is 0.346. The molecule has 6 rings (SSSR count). The highest BCUT2D eigenvalue weighted by Gasteiger charge is 2.29. The monoisotopic (exact) mass is 524 g/mol. The van der Waals surface area contributed by atoms with Crippen molar-refractivity contribution in [3.8, 4) is 0 Å². The summed E-state index contributed by atoms with van der Waals surface area (Å²) < 4.78 is 7.66. The number of fused-ring (bicyclic) bond motifs is 2. The van der Waals surface area contributed by atoms with Crippen molar-refractivity contribution in [2.24, 2.45) is 0 Å². The number of hydrogen-bond acceptors (Lipinski definition) is 6. The molecule has 1 aromatic heterocycles. The summed E-state index contributed by atoms with van der Waals surface area (Å²) in [6.45, 7) is 6.51. The lowest BCUT2D eigenvalue weighted by atomic mass is 10.00. The predicted octanol–water partition coefficient (Wildman–Crippen LogP) is 5.45. The highest BCUT2D eigenvalue weighted by Crippen LogP contribution is 2.34. The van der Waals surface area contributed by atoms with E-state index >= 15 is 0 Å². The number of hydrogen-bond donors (Lipinski definition) is 2. The van der Waals surface area contributed by atoms with Gasteiger partial charge in [0, 0.05) is 30.9 Å². The molecule has 2 atom stereocenters. The van der Waals surface area contributed by atoms with E-state index < -0.39 is 5.97 Å². The van der Waals surface area contributed by atoms with Crippen LogP contribution in [0.2, 0.25) is 0 Å². The van der Waals surface area contributed by atoms with E-state index in [-0.39, 0.29) is 23.2 Å². The Bertz CT molecular complexity index is 1600. The van der Waals surface area contributed by atoms with Gasteiger partial charge in [0.15, 0.2) is 0 Å². The lowest BCUT2D eigenvalue weighted by molar-refractivity contribution is 0.0582. The molecule has 0 spiro atoms. The molecule has 2 N–H and O–H groups in total. The Morgan fingerprint density at radius 1 is 1.10 bits per heavy atom. The summed E-state index contributed by atoms with van der Waals surface area (Å²) in [5, 5.41) is 13.6. The number of carbonyl (C=O) groups is 1. The third-order valence-electron chi connectivity index (χ3n) is 7.78. The van der Waals surface area contributed by atoms with Crippen molar-refractivity contribution in [2.45, 2.75) is 51.9 Å². The van der Waals surface area contributed by atoms with E-state index in [1.165, 1.54) is 11.1 Å². The zero-order chi connectivity index (χ0) is 27.1. The molecule has 4 aromatic rings. The Morgan fingerprint density at radius 3 is 2.51 bits per heavy atom. The van der Waals surface area contributed by atoms with Crippen LogP contribution in [0.5, 0.6) is 0 Å². The van der Waals surface area contributed by atoms with E-state index in [9.17, 15) is 14.7 Å². The van der Waals surface area contributed by atoms with Crippen molar-refractivity contribution in [1.29, 1.82) is 0 Å². The average Bonchev–Trinajstić information content (AvgIpc) is 3.38. The number of rotatable bonds is 6. The van der Waals surface area contributed by atoms with E-state index in [2.05, 4.69) is 22.3 Å². The molecule has 2 aliphatic heterocycles. The summed E-state index contributed by atoms with van der Waals surface area (Å²) in [6.07, 6.45) is 1.77. The maximum absolute atomic E-state index is 14.2. The van der Waals surface area contributed by atoms with Crippen molar-refractivity contribution in [2.75, 3.05) is 23.4 Å². The summed E-state index contributed by atoms with van der Waals surface area (Å²) in [4.78, 5) is 33.5. The van der Waals surface area contributed by atoms with Gasteiger partial charge in [0.1, 0.15) is 0 Å². The van der Waals surface area contributed by atoms with Gasteiger partial charge in [0.2, 0.25) is 5.95 Å². The van der Waals surface area contributed by atoms with Gasteiger partial charge in [-0.05, 0) is 61.6 Å². The van der Waals surface area contributed by atoms with E-state index in [0.717, 1.165) is 24.0 Å². The second-order valence-electron chi connectivity index (χ2n) is 10.5. The fourth-order valence-corrected chi connectivity index (χ4v) is 5.86. The number of benzene rings is 3. The molecule has 1 fully saturated rings. The summed E-state index contributed by atoms with van der Waals surface area (Å²) in [6, 6.07) is 18.8. The minimum Gasteiger partial charge on any atom is -0.478 e. The lowest BCUT2D eigenvalue weighted by Gasteiger charge is -2.30. The van der Waals surface area contributed by atoms with Gasteiger partial charge in [-0.3, -0.25) is 9.36 Å². The Balaban J connectivity index is 1.50. The first-order valence-corrected chi connectivity index (χ1v) is 13.5. The van der Waals surface area contributed by atoms with Crippen LogP contribution in [-0.2, 0) is 17.8 Å². The summed E-state index contributed by atoms with van der Waals surface area (Å²) >= 11 is 0. The average molecular weight is 525 g/mol. The third-order valence-corrected chi connectivity index (χ3v) is 7.78. The molecular weight excluding hydrogens is 492 g/mol. The number of carboxylic acids is 1. The Kier molecular flexibility index (Phi) is 6.56. The number of anilines is 2. The van der Waals surface area contributed by atoms with Crippen LogP contribution in [0.1, 0.15) is 64.5 Å². The molecule has 0 saturated carbocycles. The number of para-hydroxylation sites is 1. The molecule has 0 amide bonds. The number of aromatic carboxylic acids is 1. The highest BCUT2D eigenvalue weighted by atomic mass is 16.5. The van der Waals surface area contributed by atoms with Crippen LogP contribution in [0.15, 0.2) is 65.5 Å². The summed E-state index contributed by atoms with van der Waals surface area (Å²) in [7, 11) is 0. The van der Waals surface area contributed by atoms with Crippen molar-refractivity contribution in [1.82, 2.24) is 9.55 Å². The molecule has 8 nitrogen and oxygen atoms in total. The molecule has 200 valence electrons. The Labute approximate surface area is 226 Å². The van der Waals surface area contributed by atoms with Crippen LogP contribution in [0.3, 0.4) is 0 Å². The SMILES string of the molecule is Cc1cc(C(C)Nc2ccccc2C(=O)O)c2nc(N3Cc4ccccc4C3)n([C@H]3CCCOC3)c(=O)c2c1. The molecule has 39 heavy (non-hydrogen) atoms. The topological polar surface area (TPSA) is 96.7 Å². The molecule has 2 aliphatic rings. The van der Waals surface area contributed by atoms with Crippen molar-refractivity contribution in [3.05, 3.63) is 98.8 Å². The fraction of sp³-hybridized carbons (Fsp3) is 0.323. The van der Waals surface area contributed by atoms with E-state index in [1.807, 2.05) is 48.7 Å². The van der Waals surface area contributed by atoms with E-state index in [4.69, 9.17) is 9.72 Å². The Hall–Kier alpha value is -4.17. The summed E-state index contributed by atoms with van der Waals surface area (Å²) in [5.41, 5.74) is 5.57. The van der Waals surface area contributed by atoms with Crippen LogP contribution < -0.4 is 15.8 Å². The van der Waals surface area contributed by atoms with Crippen molar-refractivity contribution >= 4 is 28.5 Å². The van der Waals surface area contributed by atoms with Crippen LogP contribution in [-0.4, -0.2) is 33.8 Å².